The Hall–Kier alpha value is -3.80. The zero-order valence-electron chi connectivity index (χ0n) is 16.1. The average Bonchev–Trinajstić information content (AvgIpc) is 3.16. The van der Waals surface area contributed by atoms with Crippen molar-refractivity contribution in [1.82, 2.24) is 14.8 Å². The van der Waals surface area contributed by atoms with E-state index in [1.54, 1.807) is 36.3 Å². The molecular formula is C23H19FN4O. The number of carbonyl (C=O) groups excluding carboxylic acids is 1. The minimum Gasteiger partial charge on any atom is -0.309 e. The van der Waals surface area contributed by atoms with Crippen LogP contribution in [-0.2, 0) is 11.8 Å². The highest BCUT2D eigenvalue weighted by atomic mass is 19.1. The van der Waals surface area contributed by atoms with Gasteiger partial charge >= 0.3 is 0 Å². The fourth-order valence-electron chi connectivity index (χ4n) is 3.18. The second-order valence-electron chi connectivity index (χ2n) is 6.70. The van der Waals surface area contributed by atoms with Gasteiger partial charge in [0.25, 0.3) is 0 Å². The highest BCUT2D eigenvalue weighted by Crippen LogP contribution is 2.37. The summed E-state index contributed by atoms with van der Waals surface area (Å²) < 4.78 is 14.9. The minimum atomic E-state index is -0.302. The van der Waals surface area contributed by atoms with E-state index in [0.29, 0.717) is 5.82 Å². The molecule has 0 fully saturated rings. The van der Waals surface area contributed by atoms with E-state index in [1.165, 1.54) is 30.2 Å². The molecule has 1 amide bonds. The summed E-state index contributed by atoms with van der Waals surface area (Å²) in [7, 11) is 1.79. The number of rotatable bonds is 3. The van der Waals surface area contributed by atoms with Gasteiger partial charge in [-0.1, -0.05) is 18.2 Å². The summed E-state index contributed by atoms with van der Waals surface area (Å²) in [5, 5.41) is 7.15. The van der Waals surface area contributed by atoms with Crippen LogP contribution in [0.3, 0.4) is 0 Å². The van der Waals surface area contributed by atoms with Gasteiger partial charge in [-0.05, 0) is 59.2 Å². The van der Waals surface area contributed by atoms with Gasteiger partial charge in [-0.15, -0.1) is 0 Å². The molecule has 0 atom stereocenters. The molecule has 2 heterocycles. The van der Waals surface area contributed by atoms with Crippen molar-refractivity contribution in [1.29, 1.82) is 0 Å². The molecule has 2 aromatic heterocycles. The Morgan fingerprint density at radius 3 is 2.10 bits per heavy atom. The van der Waals surface area contributed by atoms with E-state index < -0.39 is 0 Å². The molecule has 144 valence electrons. The maximum atomic E-state index is 13.2. The summed E-state index contributed by atoms with van der Waals surface area (Å²) in [6.07, 6.45) is 3.35. The van der Waals surface area contributed by atoms with Gasteiger partial charge in [-0.25, -0.2) is 4.39 Å². The number of halogens is 1. The number of amides is 1. The number of aryl methyl sites for hydroxylation is 1. The zero-order valence-corrected chi connectivity index (χ0v) is 16.1. The lowest BCUT2D eigenvalue weighted by atomic mass is 10.0. The first-order valence-electron chi connectivity index (χ1n) is 9.14. The number of nitrogens with zero attached hydrogens (tertiary/aromatic N) is 3. The molecule has 1 N–H and O–H groups in total. The number of carbonyl (C=O) groups is 1. The quantitative estimate of drug-likeness (QED) is 0.479. The predicted molar refractivity (Wildman–Crippen MR) is 112 cm³/mol. The first-order chi connectivity index (χ1) is 14.0. The van der Waals surface area contributed by atoms with Gasteiger partial charge in [-0.2, -0.15) is 5.10 Å². The standard InChI is InChI=1S/C17H15FN4O.C6H4/c1-11(23)20-17-15(12-7-9-19-10-8-12)16(22(2)21-17)13-3-5-14(18)6-4-13;1-2-5-4-6(5)3-1/h3-10H,1-2H3,(H,20,21,23);1-4H. The van der Waals surface area contributed by atoms with E-state index in [9.17, 15) is 9.18 Å². The molecule has 2 aliphatic carbocycles. The fraction of sp³-hybridized carbons (Fsp3) is 0.0870. The van der Waals surface area contributed by atoms with Gasteiger partial charge in [-0.3, -0.25) is 14.5 Å². The van der Waals surface area contributed by atoms with Crippen molar-refractivity contribution < 1.29 is 9.18 Å². The summed E-state index contributed by atoms with van der Waals surface area (Å²) in [5.41, 5.74) is 6.10. The highest BCUT2D eigenvalue weighted by Gasteiger charge is 2.20. The SMILES string of the molecule is CC(=O)Nc1nn(C)c(-c2ccc(F)cc2)c1-c1ccncc1.c1cc2cc-2c1. The van der Waals surface area contributed by atoms with Gasteiger partial charge in [0.05, 0.1) is 11.3 Å². The molecule has 3 aromatic rings. The molecule has 0 saturated carbocycles. The molecule has 0 bridgehead atoms. The molecule has 0 spiro atoms. The molecule has 6 heteroatoms. The molecule has 0 radical (unpaired) electrons. The first kappa shape index (κ1) is 18.6. The summed E-state index contributed by atoms with van der Waals surface area (Å²) in [5.74, 6) is -0.0435. The predicted octanol–water partition coefficient (Wildman–Crippen LogP) is 4.91. The van der Waals surface area contributed by atoms with Crippen LogP contribution in [0.1, 0.15) is 6.92 Å². The lowest BCUT2D eigenvalue weighted by Crippen LogP contribution is -2.07. The molecule has 0 unspecified atom stereocenters. The molecule has 0 aliphatic heterocycles. The van der Waals surface area contributed by atoms with Gasteiger partial charge < -0.3 is 5.32 Å². The van der Waals surface area contributed by atoms with Gasteiger partial charge in [0, 0.05) is 31.9 Å². The van der Waals surface area contributed by atoms with Crippen LogP contribution in [0.4, 0.5) is 10.2 Å². The normalized spacial score (nSPS) is 10.7. The van der Waals surface area contributed by atoms with Crippen molar-refractivity contribution in [3.05, 3.63) is 78.9 Å². The van der Waals surface area contributed by atoms with Gasteiger partial charge in [0.1, 0.15) is 5.82 Å². The largest absolute Gasteiger partial charge is 0.309 e. The van der Waals surface area contributed by atoms with Crippen LogP contribution in [0.25, 0.3) is 33.5 Å². The smallest absolute Gasteiger partial charge is 0.222 e. The third kappa shape index (κ3) is 4.06. The maximum absolute atomic E-state index is 13.2. The number of hydrogen-bond acceptors (Lipinski definition) is 3. The number of anilines is 1. The lowest BCUT2D eigenvalue weighted by Gasteiger charge is -2.08. The number of aromatic nitrogens is 3. The van der Waals surface area contributed by atoms with Crippen molar-refractivity contribution in [2.24, 2.45) is 7.05 Å². The van der Waals surface area contributed by atoms with Crippen LogP contribution in [0.15, 0.2) is 73.1 Å². The van der Waals surface area contributed by atoms with Crippen molar-refractivity contribution >= 4 is 11.7 Å². The van der Waals surface area contributed by atoms with E-state index in [-0.39, 0.29) is 11.7 Å². The molecular weight excluding hydrogens is 367 g/mol. The molecule has 2 aliphatic rings. The topological polar surface area (TPSA) is 59.8 Å². The van der Waals surface area contributed by atoms with Crippen molar-refractivity contribution in [3.63, 3.8) is 0 Å². The fourth-order valence-corrected chi connectivity index (χ4v) is 3.18. The van der Waals surface area contributed by atoms with Crippen LogP contribution in [0.5, 0.6) is 0 Å². The van der Waals surface area contributed by atoms with Crippen LogP contribution in [-0.4, -0.2) is 20.7 Å². The van der Waals surface area contributed by atoms with E-state index in [4.69, 9.17) is 0 Å². The molecule has 0 saturated heterocycles. The Labute approximate surface area is 167 Å². The number of pyridine rings is 1. The van der Waals surface area contributed by atoms with Crippen LogP contribution < -0.4 is 5.32 Å². The summed E-state index contributed by atoms with van der Waals surface area (Å²) >= 11 is 0. The Bertz CT molecular complexity index is 1150. The zero-order chi connectivity index (χ0) is 20.4. The summed E-state index contributed by atoms with van der Waals surface area (Å²) in [4.78, 5) is 15.5. The Morgan fingerprint density at radius 2 is 1.59 bits per heavy atom. The Balaban J connectivity index is 0.000000286. The van der Waals surface area contributed by atoms with Crippen molar-refractivity contribution in [2.75, 3.05) is 5.32 Å². The number of fused-ring (bicyclic) bond motifs is 1. The number of nitrogens with one attached hydrogen (secondary N) is 1. The maximum Gasteiger partial charge on any atom is 0.222 e. The second kappa shape index (κ2) is 7.67. The second-order valence-corrected chi connectivity index (χ2v) is 6.70. The van der Waals surface area contributed by atoms with E-state index in [0.717, 1.165) is 22.4 Å². The Kier molecular flexibility index (Phi) is 4.91. The van der Waals surface area contributed by atoms with Crippen LogP contribution >= 0.6 is 0 Å². The van der Waals surface area contributed by atoms with Crippen molar-refractivity contribution in [3.8, 4) is 33.5 Å². The molecule has 5 rings (SSSR count). The molecule has 1 aromatic carbocycles. The van der Waals surface area contributed by atoms with Gasteiger partial charge in [0.2, 0.25) is 5.91 Å². The van der Waals surface area contributed by atoms with E-state index >= 15 is 0 Å². The number of hydrogen-bond donors (Lipinski definition) is 1. The molecule has 29 heavy (non-hydrogen) atoms. The highest BCUT2D eigenvalue weighted by molar-refractivity contribution is 5.97. The van der Waals surface area contributed by atoms with Crippen LogP contribution in [0.2, 0.25) is 0 Å². The molecule has 5 nitrogen and oxygen atoms in total. The minimum absolute atomic E-state index is 0.205. The average molecular weight is 386 g/mol. The Morgan fingerprint density at radius 1 is 0.931 bits per heavy atom. The summed E-state index contributed by atoms with van der Waals surface area (Å²) in [6, 6.07) is 18.3. The van der Waals surface area contributed by atoms with E-state index in [1.807, 2.05) is 12.1 Å². The van der Waals surface area contributed by atoms with Gasteiger partial charge in [0.15, 0.2) is 5.82 Å². The monoisotopic (exact) mass is 386 g/mol. The third-order valence-corrected chi connectivity index (χ3v) is 4.54. The number of benzene rings is 2. The first-order valence-corrected chi connectivity index (χ1v) is 9.14. The third-order valence-electron chi connectivity index (χ3n) is 4.54. The van der Waals surface area contributed by atoms with E-state index in [2.05, 4.69) is 39.7 Å². The van der Waals surface area contributed by atoms with Crippen LogP contribution in [0, 0.1) is 5.82 Å². The lowest BCUT2D eigenvalue weighted by molar-refractivity contribution is -0.114. The van der Waals surface area contributed by atoms with Crippen molar-refractivity contribution in [2.45, 2.75) is 6.92 Å². The summed E-state index contributed by atoms with van der Waals surface area (Å²) in [6.45, 7) is 1.43.